The zero-order valence-corrected chi connectivity index (χ0v) is 20.4. The van der Waals surface area contributed by atoms with Crippen LogP contribution >= 0.6 is 23.1 Å². The highest BCUT2D eigenvalue weighted by molar-refractivity contribution is 8.01. The Hall–Kier alpha value is -2.47. The zero-order chi connectivity index (χ0) is 24.7. The highest BCUT2D eigenvalue weighted by Crippen LogP contribution is 2.37. The Bertz CT molecular complexity index is 994. The molecule has 1 aromatic heterocycles. The van der Waals surface area contributed by atoms with Crippen LogP contribution in [0.2, 0.25) is 0 Å². The topological polar surface area (TPSA) is 80.8 Å². The molecule has 34 heavy (non-hydrogen) atoms. The average molecular weight is 518 g/mol. The van der Waals surface area contributed by atoms with Crippen LogP contribution in [0.25, 0.3) is 0 Å². The minimum atomic E-state index is -4.58. The minimum Gasteiger partial charge on any atom is -0.497 e. The number of aromatic nitrogens is 1. The Kier molecular flexibility index (Phi) is 9.06. The van der Waals surface area contributed by atoms with Crippen LogP contribution in [0.1, 0.15) is 38.2 Å². The van der Waals surface area contributed by atoms with Gasteiger partial charge < -0.3 is 9.47 Å². The van der Waals surface area contributed by atoms with Crippen LogP contribution in [0.15, 0.2) is 28.6 Å². The first kappa shape index (κ1) is 26.1. The number of alkyl halides is 3. The van der Waals surface area contributed by atoms with E-state index in [0.717, 1.165) is 37.8 Å². The number of methoxy groups -OCH3 is 1. The van der Waals surface area contributed by atoms with Crippen molar-refractivity contribution in [3.05, 3.63) is 30.0 Å². The fourth-order valence-electron chi connectivity index (χ4n) is 3.65. The van der Waals surface area contributed by atoms with Crippen LogP contribution in [0, 0.1) is 5.92 Å². The Balaban J connectivity index is 1.80. The van der Waals surface area contributed by atoms with Crippen LogP contribution < -0.4 is 15.0 Å². The second-order valence-corrected chi connectivity index (χ2v) is 9.99. The number of esters is 1. The summed E-state index contributed by atoms with van der Waals surface area (Å²) >= 11 is 2.40. The third-order valence-corrected chi connectivity index (χ3v) is 7.34. The molecule has 1 aliphatic rings. The maximum atomic E-state index is 13.5. The lowest BCUT2D eigenvalue weighted by Crippen LogP contribution is -2.38. The highest BCUT2D eigenvalue weighted by Gasteiger charge is 2.33. The number of carbonyl (C=O) groups excluding carboxylic acids is 2. The molecule has 0 aliphatic heterocycles. The van der Waals surface area contributed by atoms with Crippen LogP contribution in [-0.4, -0.2) is 43.0 Å². The standard InChI is InChI=1S/C22H26F3N3O4S2/c1-3-32-18(29)13-33-19-11-26-20(34-19)27-21(30)28(12-14-6-4-5-7-14)16-8-15(22(23,24)25)9-17(10-16)31-2/h8-11,14H,3-7,12-13H2,1-2H3,(H,26,27,30). The van der Waals surface area contributed by atoms with Gasteiger partial charge in [0.15, 0.2) is 5.13 Å². The number of amides is 2. The number of hydrogen-bond acceptors (Lipinski definition) is 7. The van der Waals surface area contributed by atoms with Gasteiger partial charge in [0.05, 0.1) is 35.4 Å². The van der Waals surface area contributed by atoms with Crippen LogP contribution in [-0.2, 0) is 15.7 Å². The third-order valence-electron chi connectivity index (χ3n) is 5.26. The van der Waals surface area contributed by atoms with Crippen molar-refractivity contribution in [3.8, 4) is 5.75 Å². The summed E-state index contributed by atoms with van der Waals surface area (Å²) in [7, 11) is 1.28. The number of thiazole rings is 1. The van der Waals surface area contributed by atoms with E-state index in [1.54, 1.807) is 6.92 Å². The summed E-state index contributed by atoms with van der Waals surface area (Å²) in [5.41, 5.74) is -0.789. The van der Waals surface area contributed by atoms with Crippen molar-refractivity contribution in [3.63, 3.8) is 0 Å². The van der Waals surface area contributed by atoms with Gasteiger partial charge in [-0.1, -0.05) is 24.2 Å². The van der Waals surface area contributed by atoms with Gasteiger partial charge in [0, 0.05) is 18.3 Å². The van der Waals surface area contributed by atoms with Gasteiger partial charge in [-0.05, 0) is 37.8 Å². The SMILES string of the molecule is CCOC(=O)CSc1cnc(NC(=O)N(CC2CCCC2)c2cc(OC)cc(C(F)(F)F)c2)s1. The van der Waals surface area contributed by atoms with Crippen molar-refractivity contribution in [2.45, 2.75) is 43.0 Å². The summed E-state index contributed by atoms with van der Waals surface area (Å²) in [4.78, 5) is 30.2. The van der Waals surface area contributed by atoms with E-state index in [2.05, 4.69) is 10.3 Å². The number of benzene rings is 1. The summed E-state index contributed by atoms with van der Waals surface area (Å²) in [6.07, 6.45) is 0.814. The number of anilines is 2. The number of hydrogen-bond donors (Lipinski definition) is 1. The Morgan fingerprint density at radius 1 is 1.26 bits per heavy atom. The summed E-state index contributed by atoms with van der Waals surface area (Å²) in [5.74, 6) is -0.0340. The van der Waals surface area contributed by atoms with E-state index < -0.39 is 17.8 Å². The first-order chi connectivity index (χ1) is 16.2. The van der Waals surface area contributed by atoms with E-state index in [-0.39, 0.29) is 40.8 Å². The van der Waals surface area contributed by atoms with Crippen molar-refractivity contribution in [2.24, 2.45) is 5.92 Å². The normalized spacial score (nSPS) is 14.1. The number of halogens is 3. The molecule has 0 unspecified atom stereocenters. The lowest BCUT2D eigenvalue weighted by molar-refractivity contribution is -0.140. The first-order valence-corrected chi connectivity index (χ1v) is 12.6. The molecule has 0 bridgehead atoms. The van der Waals surface area contributed by atoms with Gasteiger partial charge in [-0.25, -0.2) is 9.78 Å². The third kappa shape index (κ3) is 7.26. The van der Waals surface area contributed by atoms with E-state index in [4.69, 9.17) is 9.47 Å². The molecular formula is C22H26F3N3O4S2. The summed E-state index contributed by atoms with van der Waals surface area (Å²) in [5, 5.41) is 2.97. The molecule has 1 saturated carbocycles. The predicted molar refractivity (Wildman–Crippen MR) is 126 cm³/mol. The Morgan fingerprint density at radius 3 is 2.65 bits per heavy atom. The maximum Gasteiger partial charge on any atom is 0.416 e. The molecule has 0 saturated heterocycles. The number of nitrogens with one attached hydrogen (secondary N) is 1. The van der Waals surface area contributed by atoms with Gasteiger partial charge in [-0.3, -0.25) is 15.0 Å². The van der Waals surface area contributed by atoms with E-state index in [1.807, 2.05) is 0 Å². The number of thioether (sulfide) groups is 1. The minimum absolute atomic E-state index is 0.0148. The molecular weight excluding hydrogens is 491 g/mol. The van der Waals surface area contributed by atoms with Crippen molar-refractivity contribution in [2.75, 3.05) is 36.2 Å². The van der Waals surface area contributed by atoms with Crippen molar-refractivity contribution in [1.29, 1.82) is 0 Å². The zero-order valence-electron chi connectivity index (χ0n) is 18.8. The number of rotatable bonds is 9. The van der Waals surface area contributed by atoms with Crippen molar-refractivity contribution < 1.29 is 32.2 Å². The van der Waals surface area contributed by atoms with E-state index in [1.165, 1.54) is 47.4 Å². The molecule has 7 nitrogen and oxygen atoms in total. The van der Waals surface area contributed by atoms with Crippen LogP contribution in [0.4, 0.5) is 28.8 Å². The molecule has 1 N–H and O–H groups in total. The number of urea groups is 1. The molecule has 186 valence electrons. The molecule has 0 radical (unpaired) electrons. The fraction of sp³-hybridized carbons (Fsp3) is 0.500. The molecule has 0 atom stereocenters. The molecule has 3 rings (SSSR count). The number of ether oxygens (including phenoxy) is 2. The quantitative estimate of drug-likeness (QED) is 0.322. The molecule has 2 amide bonds. The number of nitrogens with zero attached hydrogens (tertiary/aromatic N) is 2. The van der Waals surface area contributed by atoms with Gasteiger partial charge in [0.25, 0.3) is 0 Å². The summed E-state index contributed by atoms with van der Waals surface area (Å²) in [6, 6.07) is 2.71. The van der Waals surface area contributed by atoms with E-state index in [0.29, 0.717) is 10.8 Å². The predicted octanol–water partition coefficient (Wildman–Crippen LogP) is 6.05. The maximum absolute atomic E-state index is 13.5. The van der Waals surface area contributed by atoms with Crippen LogP contribution in [0.3, 0.4) is 0 Å². The van der Waals surface area contributed by atoms with E-state index >= 15 is 0 Å². The fourth-order valence-corrected chi connectivity index (χ4v) is 5.31. The van der Waals surface area contributed by atoms with E-state index in [9.17, 15) is 22.8 Å². The van der Waals surface area contributed by atoms with Gasteiger partial charge >= 0.3 is 18.2 Å². The van der Waals surface area contributed by atoms with Gasteiger partial charge in [-0.15, -0.1) is 11.8 Å². The Labute approximate surface area is 204 Å². The average Bonchev–Trinajstić information content (AvgIpc) is 3.47. The van der Waals surface area contributed by atoms with Crippen molar-refractivity contribution >= 4 is 45.9 Å². The molecule has 12 heteroatoms. The second-order valence-electron chi connectivity index (χ2n) is 7.69. The second kappa shape index (κ2) is 11.8. The lowest BCUT2D eigenvalue weighted by atomic mass is 10.1. The monoisotopic (exact) mass is 517 g/mol. The molecule has 1 aliphatic carbocycles. The lowest BCUT2D eigenvalue weighted by Gasteiger charge is -2.27. The Morgan fingerprint density at radius 2 is 2.00 bits per heavy atom. The largest absolute Gasteiger partial charge is 0.497 e. The van der Waals surface area contributed by atoms with Gasteiger partial charge in [0.2, 0.25) is 0 Å². The van der Waals surface area contributed by atoms with Crippen LogP contribution in [0.5, 0.6) is 5.75 Å². The molecule has 1 aromatic carbocycles. The first-order valence-electron chi connectivity index (χ1n) is 10.8. The highest BCUT2D eigenvalue weighted by atomic mass is 32.2. The number of carbonyl (C=O) groups is 2. The molecule has 0 spiro atoms. The summed E-state index contributed by atoms with van der Waals surface area (Å²) < 4.78 is 51.0. The summed E-state index contributed by atoms with van der Waals surface area (Å²) in [6.45, 7) is 2.30. The van der Waals surface area contributed by atoms with Gasteiger partial charge in [0.1, 0.15) is 5.75 Å². The molecule has 1 heterocycles. The molecule has 2 aromatic rings. The van der Waals surface area contributed by atoms with Gasteiger partial charge in [-0.2, -0.15) is 13.2 Å². The smallest absolute Gasteiger partial charge is 0.416 e. The van der Waals surface area contributed by atoms with Crippen molar-refractivity contribution in [1.82, 2.24) is 4.98 Å². The molecule has 1 fully saturated rings.